The maximum absolute atomic E-state index is 6.13. The van der Waals surface area contributed by atoms with Gasteiger partial charge in [-0.3, -0.25) is 0 Å². The van der Waals surface area contributed by atoms with Crippen LogP contribution in [0, 0.1) is 27.7 Å². The zero-order valence-corrected chi connectivity index (χ0v) is 17.0. The van der Waals surface area contributed by atoms with Gasteiger partial charge in [-0.1, -0.05) is 48.0 Å². The molecule has 0 aliphatic rings. The van der Waals surface area contributed by atoms with E-state index in [1.807, 2.05) is 24.3 Å². The van der Waals surface area contributed by atoms with E-state index in [2.05, 4.69) is 68.7 Å². The Morgan fingerprint density at radius 3 is 2.25 bits per heavy atom. The normalized spacial score (nSPS) is 11.1. The number of para-hydroxylation sites is 3. The van der Waals surface area contributed by atoms with Crippen molar-refractivity contribution >= 4 is 11.0 Å². The molecule has 0 saturated heterocycles. The number of aromatic nitrogens is 2. The van der Waals surface area contributed by atoms with Crippen molar-refractivity contribution in [3.05, 3.63) is 94.3 Å². The number of fused-ring (bicyclic) bond motifs is 1. The SMILES string of the molecule is Cc1cc(C)c(Cn2c(COc3ccccc3C)nc3ccccc32)c(C)c1. The lowest BCUT2D eigenvalue weighted by Crippen LogP contribution is -2.10. The first-order valence-corrected chi connectivity index (χ1v) is 9.72. The maximum Gasteiger partial charge on any atom is 0.148 e. The molecular weight excluding hydrogens is 344 g/mol. The average molecular weight is 370 g/mol. The summed E-state index contributed by atoms with van der Waals surface area (Å²) in [5.41, 5.74) is 8.58. The van der Waals surface area contributed by atoms with Gasteiger partial charge in [0, 0.05) is 6.54 Å². The molecule has 0 unspecified atom stereocenters. The van der Waals surface area contributed by atoms with Crippen molar-refractivity contribution < 1.29 is 4.74 Å². The summed E-state index contributed by atoms with van der Waals surface area (Å²) in [7, 11) is 0. The summed E-state index contributed by atoms with van der Waals surface area (Å²) in [5.74, 6) is 1.85. The molecule has 0 bridgehead atoms. The van der Waals surface area contributed by atoms with Gasteiger partial charge in [-0.2, -0.15) is 0 Å². The Kier molecular flexibility index (Phi) is 4.91. The van der Waals surface area contributed by atoms with E-state index in [-0.39, 0.29) is 0 Å². The molecule has 4 rings (SSSR count). The molecule has 3 heteroatoms. The van der Waals surface area contributed by atoms with Crippen LogP contribution in [-0.2, 0) is 13.2 Å². The largest absolute Gasteiger partial charge is 0.485 e. The molecule has 0 amide bonds. The number of ether oxygens (including phenoxy) is 1. The molecule has 3 nitrogen and oxygen atoms in total. The van der Waals surface area contributed by atoms with Crippen LogP contribution in [0.5, 0.6) is 5.75 Å². The quantitative estimate of drug-likeness (QED) is 0.437. The highest BCUT2D eigenvalue weighted by molar-refractivity contribution is 5.76. The number of aryl methyl sites for hydroxylation is 4. The first kappa shape index (κ1) is 18.3. The van der Waals surface area contributed by atoms with Gasteiger partial charge >= 0.3 is 0 Å². The third kappa shape index (κ3) is 3.53. The van der Waals surface area contributed by atoms with E-state index in [0.29, 0.717) is 6.61 Å². The summed E-state index contributed by atoms with van der Waals surface area (Å²) >= 11 is 0. The lowest BCUT2D eigenvalue weighted by atomic mass is 10.00. The molecule has 0 N–H and O–H groups in total. The van der Waals surface area contributed by atoms with E-state index in [0.717, 1.165) is 34.7 Å². The van der Waals surface area contributed by atoms with E-state index in [9.17, 15) is 0 Å². The second-order valence-electron chi connectivity index (χ2n) is 7.53. The van der Waals surface area contributed by atoms with Crippen molar-refractivity contribution in [1.29, 1.82) is 0 Å². The van der Waals surface area contributed by atoms with Crippen LogP contribution in [0.15, 0.2) is 60.7 Å². The Balaban J connectivity index is 1.73. The molecule has 0 fully saturated rings. The van der Waals surface area contributed by atoms with Gasteiger partial charge in [-0.05, 0) is 68.1 Å². The molecule has 28 heavy (non-hydrogen) atoms. The lowest BCUT2D eigenvalue weighted by Gasteiger charge is -2.16. The monoisotopic (exact) mass is 370 g/mol. The van der Waals surface area contributed by atoms with Crippen LogP contribution in [0.3, 0.4) is 0 Å². The molecule has 3 aromatic carbocycles. The molecule has 142 valence electrons. The Labute approximate surface area is 166 Å². The summed E-state index contributed by atoms with van der Waals surface area (Å²) in [6.45, 7) is 9.85. The molecule has 0 radical (unpaired) electrons. The fourth-order valence-corrected chi connectivity index (χ4v) is 3.89. The van der Waals surface area contributed by atoms with Crippen LogP contribution in [0.4, 0.5) is 0 Å². The fourth-order valence-electron chi connectivity index (χ4n) is 3.89. The predicted molar refractivity (Wildman–Crippen MR) is 115 cm³/mol. The predicted octanol–water partition coefficient (Wildman–Crippen LogP) is 5.90. The minimum atomic E-state index is 0.448. The van der Waals surface area contributed by atoms with Gasteiger partial charge in [0.2, 0.25) is 0 Å². The topological polar surface area (TPSA) is 27.1 Å². The van der Waals surface area contributed by atoms with Crippen LogP contribution in [0.25, 0.3) is 11.0 Å². The molecule has 0 saturated carbocycles. The summed E-state index contributed by atoms with van der Waals surface area (Å²) in [6.07, 6.45) is 0. The zero-order chi connectivity index (χ0) is 19.7. The Morgan fingerprint density at radius 1 is 0.821 bits per heavy atom. The molecule has 0 aliphatic carbocycles. The first-order valence-electron chi connectivity index (χ1n) is 9.72. The van der Waals surface area contributed by atoms with E-state index in [4.69, 9.17) is 9.72 Å². The minimum absolute atomic E-state index is 0.448. The third-order valence-electron chi connectivity index (χ3n) is 5.34. The number of imidazole rings is 1. The Morgan fingerprint density at radius 2 is 1.50 bits per heavy atom. The molecular formula is C25H26N2O. The average Bonchev–Trinajstić information content (AvgIpc) is 3.01. The van der Waals surface area contributed by atoms with Crippen molar-refractivity contribution in [1.82, 2.24) is 9.55 Å². The van der Waals surface area contributed by atoms with Crippen LogP contribution < -0.4 is 4.74 Å². The van der Waals surface area contributed by atoms with Crippen molar-refractivity contribution in [2.75, 3.05) is 0 Å². The second-order valence-corrected chi connectivity index (χ2v) is 7.53. The third-order valence-corrected chi connectivity index (χ3v) is 5.34. The van der Waals surface area contributed by atoms with Gasteiger partial charge in [0.15, 0.2) is 0 Å². The first-order chi connectivity index (χ1) is 13.5. The van der Waals surface area contributed by atoms with E-state index in [1.165, 1.54) is 22.3 Å². The lowest BCUT2D eigenvalue weighted by molar-refractivity contribution is 0.289. The number of hydrogen-bond acceptors (Lipinski definition) is 2. The van der Waals surface area contributed by atoms with Gasteiger partial charge in [0.05, 0.1) is 11.0 Å². The molecule has 1 aromatic heterocycles. The molecule has 0 aliphatic heterocycles. The van der Waals surface area contributed by atoms with Crippen molar-refractivity contribution in [3.63, 3.8) is 0 Å². The van der Waals surface area contributed by atoms with Gasteiger partial charge in [-0.15, -0.1) is 0 Å². The molecule has 1 heterocycles. The zero-order valence-electron chi connectivity index (χ0n) is 17.0. The summed E-state index contributed by atoms with van der Waals surface area (Å²) in [4.78, 5) is 4.87. The summed E-state index contributed by atoms with van der Waals surface area (Å²) in [6, 6.07) is 20.9. The standard InChI is InChI=1S/C25H26N2O/c1-17-13-19(3)21(20(4)14-17)15-27-23-11-7-6-10-22(23)26-25(27)16-28-24-12-8-5-9-18(24)2/h5-14H,15-16H2,1-4H3. The van der Waals surface area contributed by atoms with E-state index in [1.54, 1.807) is 0 Å². The fraction of sp³-hybridized carbons (Fsp3) is 0.240. The van der Waals surface area contributed by atoms with E-state index < -0.39 is 0 Å². The van der Waals surface area contributed by atoms with Crippen molar-refractivity contribution in [2.45, 2.75) is 40.8 Å². The summed E-state index contributed by atoms with van der Waals surface area (Å²) < 4.78 is 8.42. The molecule has 0 atom stereocenters. The Bertz CT molecular complexity index is 1120. The number of rotatable bonds is 5. The minimum Gasteiger partial charge on any atom is -0.485 e. The van der Waals surface area contributed by atoms with Crippen molar-refractivity contribution in [2.24, 2.45) is 0 Å². The molecule has 4 aromatic rings. The van der Waals surface area contributed by atoms with Crippen molar-refractivity contribution in [3.8, 4) is 5.75 Å². The summed E-state index contributed by atoms with van der Waals surface area (Å²) in [5, 5.41) is 0. The second kappa shape index (κ2) is 7.51. The van der Waals surface area contributed by atoms with Crippen LogP contribution in [-0.4, -0.2) is 9.55 Å². The van der Waals surface area contributed by atoms with Gasteiger partial charge in [0.1, 0.15) is 18.2 Å². The maximum atomic E-state index is 6.13. The number of benzene rings is 3. The van der Waals surface area contributed by atoms with Gasteiger partial charge in [0.25, 0.3) is 0 Å². The highest BCUT2D eigenvalue weighted by Gasteiger charge is 2.14. The Hall–Kier alpha value is -3.07. The molecule has 0 spiro atoms. The van der Waals surface area contributed by atoms with E-state index >= 15 is 0 Å². The van der Waals surface area contributed by atoms with Gasteiger partial charge in [-0.25, -0.2) is 4.98 Å². The highest BCUT2D eigenvalue weighted by Crippen LogP contribution is 2.24. The smallest absolute Gasteiger partial charge is 0.148 e. The van der Waals surface area contributed by atoms with Crippen LogP contribution >= 0.6 is 0 Å². The van der Waals surface area contributed by atoms with Gasteiger partial charge < -0.3 is 9.30 Å². The number of nitrogens with zero attached hydrogens (tertiary/aromatic N) is 2. The van der Waals surface area contributed by atoms with Crippen LogP contribution in [0.1, 0.15) is 33.6 Å². The highest BCUT2D eigenvalue weighted by atomic mass is 16.5. The number of hydrogen-bond donors (Lipinski definition) is 0. The van der Waals surface area contributed by atoms with Crippen LogP contribution in [0.2, 0.25) is 0 Å².